The smallest absolute Gasteiger partial charge is 0.277 e. The standard InChI is InChI=1S/C21H28N4O/c1-22-11-5-9-19(22)20-10-6-12-25(20)17-21(26)24-15-13-23(14-16-24)18-7-3-2-4-8-18/h2-5,7-9,11,20H,6,10,12-17H2,1H3/p+1/t20-/m0/s1. The van der Waals surface area contributed by atoms with E-state index in [1.54, 1.807) is 0 Å². The molecule has 4 rings (SSSR count). The first-order valence-electron chi connectivity index (χ1n) is 9.76. The number of aromatic nitrogens is 1. The normalized spacial score (nSPS) is 23.4. The van der Waals surface area contributed by atoms with Crippen LogP contribution in [0.15, 0.2) is 48.7 Å². The lowest BCUT2D eigenvalue weighted by Gasteiger charge is -2.36. The van der Waals surface area contributed by atoms with Gasteiger partial charge in [0.15, 0.2) is 6.54 Å². The maximum absolute atomic E-state index is 12.9. The molecule has 0 radical (unpaired) electrons. The average molecular weight is 353 g/mol. The van der Waals surface area contributed by atoms with Crippen molar-refractivity contribution < 1.29 is 9.69 Å². The maximum atomic E-state index is 12.9. The molecule has 2 fully saturated rings. The number of nitrogens with zero attached hydrogens (tertiary/aromatic N) is 3. The Hall–Kier alpha value is -2.27. The first-order valence-corrected chi connectivity index (χ1v) is 9.76. The van der Waals surface area contributed by atoms with Crippen LogP contribution in [0.1, 0.15) is 24.6 Å². The molecule has 0 saturated carbocycles. The fourth-order valence-corrected chi connectivity index (χ4v) is 4.48. The lowest BCUT2D eigenvalue weighted by Crippen LogP contribution is -3.11. The molecule has 26 heavy (non-hydrogen) atoms. The highest BCUT2D eigenvalue weighted by atomic mass is 16.2. The highest BCUT2D eigenvalue weighted by Gasteiger charge is 2.34. The number of hydrogen-bond acceptors (Lipinski definition) is 2. The van der Waals surface area contributed by atoms with Gasteiger partial charge in [0.2, 0.25) is 0 Å². The Morgan fingerprint density at radius 2 is 1.85 bits per heavy atom. The lowest BCUT2D eigenvalue weighted by atomic mass is 10.1. The summed E-state index contributed by atoms with van der Waals surface area (Å²) in [5, 5.41) is 0. The number of quaternary nitrogens is 1. The van der Waals surface area contributed by atoms with Crippen LogP contribution in [0.3, 0.4) is 0 Å². The lowest BCUT2D eigenvalue weighted by molar-refractivity contribution is -0.911. The summed E-state index contributed by atoms with van der Waals surface area (Å²) in [5.74, 6) is 0.314. The molecule has 2 aromatic rings. The van der Waals surface area contributed by atoms with Crippen LogP contribution in [-0.4, -0.2) is 54.6 Å². The number of nitrogens with one attached hydrogen (secondary N) is 1. The van der Waals surface area contributed by atoms with Gasteiger partial charge in [-0.25, -0.2) is 0 Å². The zero-order chi connectivity index (χ0) is 17.9. The Bertz CT molecular complexity index is 733. The third-order valence-corrected chi connectivity index (χ3v) is 5.96. The minimum absolute atomic E-state index is 0.314. The summed E-state index contributed by atoms with van der Waals surface area (Å²) in [7, 11) is 2.11. The third-order valence-electron chi connectivity index (χ3n) is 5.96. The summed E-state index contributed by atoms with van der Waals surface area (Å²) >= 11 is 0. The predicted octanol–water partition coefficient (Wildman–Crippen LogP) is 1.09. The van der Waals surface area contributed by atoms with Gasteiger partial charge in [0, 0.05) is 58.0 Å². The maximum Gasteiger partial charge on any atom is 0.277 e. The van der Waals surface area contributed by atoms with Crippen LogP contribution in [0, 0.1) is 0 Å². The van der Waals surface area contributed by atoms with Crippen molar-refractivity contribution in [2.75, 3.05) is 44.2 Å². The number of benzene rings is 1. The number of para-hydroxylation sites is 1. The van der Waals surface area contributed by atoms with E-state index in [-0.39, 0.29) is 0 Å². The summed E-state index contributed by atoms with van der Waals surface area (Å²) < 4.78 is 2.21. The molecule has 2 aliphatic rings. The number of amides is 1. The Morgan fingerprint density at radius 1 is 1.08 bits per heavy atom. The second-order valence-electron chi connectivity index (χ2n) is 7.53. The van der Waals surface area contributed by atoms with E-state index < -0.39 is 0 Å². The molecule has 0 bridgehead atoms. The molecule has 1 aromatic heterocycles. The Balaban J connectivity index is 1.33. The van der Waals surface area contributed by atoms with Gasteiger partial charge in [0.05, 0.1) is 12.2 Å². The van der Waals surface area contributed by atoms with Gasteiger partial charge in [0.25, 0.3) is 5.91 Å². The minimum atomic E-state index is 0.314. The van der Waals surface area contributed by atoms with Crippen molar-refractivity contribution in [1.82, 2.24) is 9.47 Å². The fourth-order valence-electron chi connectivity index (χ4n) is 4.48. The monoisotopic (exact) mass is 353 g/mol. The fraction of sp³-hybridized carbons (Fsp3) is 0.476. The zero-order valence-corrected chi connectivity index (χ0v) is 15.6. The van der Waals surface area contributed by atoms with E-state index in [2.05, 4.69) is 64.0 Å². The summed E-state index contributed by atoms with van der Waals surface area (Å²) in [6.45, 7) is 5.23. The highest BCUT2D eigenvalue weighted by Crippen LogP contribution is 2.19. The molecule has 2 aliphatic heterocycles. The quantitative estimate of drug-likeness (QED) is 0.893. The molecule has 5 heteroatoms. The van der Waals surface area contributed by atoms with Crippen LogP contribution in [0.2, 0.25) is 0 Å². The largest absolute Gasteiger partial charge is 0.368 e. The molecule has 3 heterocycles. The van der Waals surface area contributed by atoms with Crippen molar-refractivity contribution in [3.8, 4) is 0 Å². The van der Waals surface area contributed by atoms with Gasteiger partial charge < -0.3 is 19.3 Å². The molecule has 5 nitrogen and oxygen atoms in total. The van der Waals surface area contributed by atoms with Crippen LogP contribution in [-0.2, 0) is 11.8 Å². The van der Waals surface area contributed by atoms with Gasteiger partial charge in [-0.1, -0.05) is 18.2 Å². The summed E-state index contributed by atoms with van der Waals surface area (Å²) in [6.07, 6.45) is 4.50. The second-order valence-corrected chi connectivity index (χ2v) is 7.53. The number of anilines is 1. The van der Waals surface area contributed by atoms with Crippen LogP contribution in [0.25, 0.3) is 0 Å². The Kier molecular flexibility index (Phi) is 4.98. The molecule has 1 aromatic carbocycles. The first-order chi connectivity index (χ1) is 12.7. The number of likely N-dealkylation sites (tertiary alicyclic amines) is 1. The SMILES string of the molecule is Cn1cccc1[C@@H]1CCC[NH+]1CC(=O)N1CCN(c2ccccc2)CC1. The number of piperazine rings is 1. The minimum Gasteiger partial charge on any atom is -0.368 e. The molecule has 2 saturated heterocycles. The molecular weight excluding hydrogens is 324 g/mol. The van der Waals surface area contributed by atoms with Gasteiger partial charge in [-0.15, -0.1) is 0 Å². The molecule has 1 N–H and O–H groups in total. The summed E-state index contributed by atoms with van der Waals surface area (Å²) in [4.78, 5) is 18.7. The molecule has 2 atom stereocenters. The topological polar surface area (TPSA) is 32.9 Å². The molecular formula is C21H29N4O+. The second kappa shape index (κ2) is 7.54. The van der Waals surface area contributed by atoms with Crippen LogP contribution >= 0.6 is 0 Å². The molecule has 1 amide bonds. The Morgan fingerprint density at radius 3 is 2.54 bits per heavy atom. The highest BCUT2D eigenvalue weighted by molar-refractivity contribution is 5.77. The third kappa shape index (κ3) is 3.49. The number of carbonyl (C=O) groups excluding carboxylic acids is 1. The van der Waals surface area contributed by atoms with Crippen LogP contribution in [0.5, 0.6) is 0 Å². The van der Waals surface area contributed by atoms with E-state index in [0.717, 1.165) is 32.7 Å². The van der Waals surface area contributed by atoms with Crippen LogP contribution in [0.4, 0.5) is 5.69 Å². The van der Waals surface area contributed by atoms with E-state index in [1.165, 1.54) is 29.1 Å². The van der Waals surface area contributed by atoms with Crippen LogP contribution < -0.4 is 9.80 Å². The molecule has 1 unspecified atom stereocenters. The molecule has 0 aliphatic carbocycles. The number of carbonyl (C=O) groups is 1. The van der Waals surface area contributed by atoms with Crippen molar-refractivity contribution in [1.29, 1.82) is 0 Å². The van der Waals surface area contributed by atoms with Crippen molar-refractivity contribution in [3.63, 3.8) is 0 Å². The van der Waals surface area contributed by atoms with E-state index >= 15 is 0 Å². The first kappa shape index (κ1) is 17.2. The average Bonchev–Trinajstić information content (AvgIpc) is 3.31. The van der Waals surface area contributed by atoms with E-state index in [1.807, 2.05) is 6.07 Å². The van der Waals surface area contributed by atoms with E-state index in [4.69, 9.17) is 0 Å². The van der Waals surface area contributed by atoms with Gasteiger partial charge >= 0.3 is 0 Å². The van der Waals surface area contributed by atoms with Gasteiger partial charge in [-0.2, -0.15) is 0 Å². The van der Waals surface area contributed by atoms with Gasteiger partial charge in [0.1, 0.15) is 6.04 Å². The molecule has 138 valence electrons. The van der Waals surface area contributed by atoms with Crippen molar-refractivity contribution >= 4 is 11.6 Å². The summed E-state index contributed by atoms with van der Waals surface area (Å²) in [5.41, 5.74) is 2.62. The van der Waals surface area contributed by atoms with Gasteiger partial charge in [-0.05, 0) is 24.3 Å². The Labute approximate surface area is 155 Å². The number of hydrogen-bond donors (Lipinski definition) is 1. The number of aryl methyl sites for hydroxylation is 1. The van der Waals surface area contributed by atoms with E-state index in [9.17, 15) is 4.79 Å². The zero-order valence-electron chi connectivity index (χ0n) is 15.6. The van der Waals surface area contributed by atoms with Crippen molar-refractivity contribution in [2.45, 2.75) is 18.9 Å². The predicted molar refractivity (Wildman–Crippen MR) is 103 cm³/mol. The van der Waals surface area contributed by atoms with Crippen molar-refractivity contribution in [3.05, 3.63) is 54.4 Å². The van der Waals surface area contributed by atoms with Gasteiger partial charge in [-0.3, -0.25) is 4.79 Å². The van der Waals surface area contributed by atoms with E-state index in [0.29, 0.717) is 18.5 Å². The summed E-state index contributed by atoms with van der Waals surface area (Å²) in [6, 6.07) is 15.3. The molecule has 0 spiro atoms. The van der Waals surface area contributed by atoms with Crippen molar-refractivity contribution in [2.24, 2.45) is 7.05 Å². The number of rotatable bonds is 4.